The van der Waals surface area contributed by atoms with Crippen LogP contribution in [-0.4, -0.2) is 6.04 Å². The predicted molar refractivity (Wildman–Crippen MR) is 89.3 cm³/mol. The zero-order valence-corrected chi connectivity index (χ0v) is 12.7. The van der Waals surface area contributed by atoms with Crippen LogP contribution in [0.1, 0.15) is 49.1 Å². The van der Waals surface area contributed by atoms with Crippen molar-refractivity contribution in [3.63, 3.8) is 0 Å². The lowest BCUT2D eigenvalue weighted by molar-refractivity contribution is 0.409. The molecule has 1 aliphatic rings. The van der Waals surface area contributed by atoms with Crippen LogP contribution < -0.4 is 5.32 Å². The first-order valence-corrected chi connectivity index (χ1v) is 8.26. The highest BCUT2D eigenvalue weighted by Crippen LogP contribution is 2.32. The van der Waals surface area contributed by atoms with E-state index < -0.39 is 0 Å². The summed E-state index contributed by atoms with van der Waals surface area (Å²) in [5.41, 5.74) is 2.89. The Morgan fingerprint density at radius 3 is 2.19 bits per heavy atom. The number of hydrogen-bond acceptors (Lipinski definition) is 1. The first kappa shape index (κ1) is 14.3. The molecule has 1 saturated carbocycles. The van der Waals surface area contributed by atoms with Gasteiger partial charge in [0.25, 0.3) is 0 Å². The molecule has 110 valence electrons. The molecule has 0 aromatic heterocycles. The second-order valence-corrected chi connectivity index (χ2v) is 6.13. The molecule has 0 radical (unpaired) electrons. The van der Waals surface area contributed by atoms with Gasteiger partial charge in [0.15, 0.2) is 0 Å². The maximum absolute atomic E-state index is 3.83. The van der Waals surface area contributed by atoms with Crippen LogP contribution in [-0.2, 0) is 6.54 Å². The third-order valence-electron chi connectivity index (χ3n) is 4.65. The van der Waals surface area contributed by atoms with Crippen molar-refractivity contribution in [3.05, 3.63) is 71.8 Å². The summed E-state index contributed by atoms with van der Waals surface area (Å²) in [5, 5.41) is 3.83. The molecule has 0 saturated heterocycles. The van der Waals surface area contributed by atoms with Gasteiger partial charge in [0.05, 0.1) is 0 Å². The van der Waals surface area contributed by atoms with Crippen LogP contribution in [0.15, 0.2) is 60.7 Å². The van der Waals surface area contributed by atoms with Crippen molar-refractivity contribution in [2.45, 2.75) is 50.6 Å². The summed E-state index contributed by atoms with van der Waals surface area (Å²) >= 11 is 0. The highest BCUT2D eigenvalue weighted by atomic mass is 14.9. The van der Waals surface area contributed by atoms with Crippen LogP contribution in [0, 0.1) is 0 Å². The minimum Gasteiger partial charge on any atom is -0.309 e. The van der Waals surface area contributed by atoms with Crippen molar-refractivity contribution >= 4 is 0 Å². The number of nitrogens with one attached hydrogen (secondary N) is 1. The Morgan fingerprint density at radius 1 is 0.762 bits per heavy atom. The molecule has 1 N–H and O–H groups in total. The first-order valence-electron chi connectivity index (χ1n) is 8.26. The van der Waals surface area contributed by atoms with Crippen molar-refractivity contribution in [1.82, 2.24) is 5.32 Å². The molecule has 1 nitrogen and oxygen atoms in total. The molecular formula is C20H25N. The molecule has 0 aliphatic heterocycles. The van der Waals surface area contributed by atoms with Crippen LogP contribution in [0.5, 0.6) is 0 Å². The van der Waals surface area contributed by atoms with Gasteiger partial charge in [-0.05, 0) is 29.9 Å². The van der Waals surface area contributed by atoms with E-state index in [2.05, 4.69) is 66.0 Å². The second kappa shape index (κ2) is 7.42. The molecule has 0 spiro atoms. The van der Waals surface area contributed by atoms with Crippen molar-refractivity contribution in [2.24, 2.45) is 0 Å². The molecule has 1 heteroatoms. The van der Waals surface area contributed by atoms with Crippen LogP contribution in [0.2, 0.25) is 0 Å². The van der Waals surface area contributed by atoms with E-state index >= 15 is 0 Å². The zero-order valence-electron chi connectivity index (χ0n) is 12.7. The molecule has 2 aromatic rings. The van der Waals surface area contributed by atoms with Gasteiger partial charge < -0.3 is 5.32 Å². The number of rotatable bonds is 4. The van der Waals surface area contributed by atoms with Gasteiger partial charge in [-0.3, -0.25) is 0 Å². The maximum Gasteiger partial charge on any atom is 0.0208 e. The average Bonchev–Trinajstić information content (AvgIpc) is 2.80. The highest BCUT2D eigenvalue weighted by molar-refractivity contribution is 5.22. The Morgan fingerprint density at radius 2 is 1.43 bits per heavy atom. The summed E-state index contributed by atoms with van der Waals surface area (Å²) in [5.74, 6) is 0.664. The van der Waals surface area contributed by atoms with Crippen molar-refractivity contribution in [3.8, 4) is 0 Å². The third-order valence-corrected chi connectivity index (χ3v) is 4.65. The Labute approximate surface area is 128 Å². The molecule has 0 heterocycles. The van der Waals surface area contributed by atoms with Crippen LogP contribution in [0.25, 0.3) is 0 Å². The third kappa shape index (κ3) is 3.95. The molecule has 1 fully saturated rings. The summed E-state index contributed by atoms with van der Waals surface area (Å²) in [6.45, 7) is 0.981. The Hall–Kier alpha value is -1.60. The van der Waals surface area contributed by atoms with Crippen LogP contribution in [0.4, 0.5) is 0 Å². The lowest BCUT2D eigenvalue weighted by atomic mass is 9.87. The zero-order chi connectivity index (χ0) is 14.3. The van der Waals surface area contributed by atoms with Gasteiger partial charge in [0, 0.05) is 12.6 Å². The molecule has 0 bridgehead atoms. The van der Waals surface area contributed by atoms with Gasteiger partial charge in [-0.15, -0.1) is 0 Å². The Bertz CT molecular complexity index is 520. The van der Waals surface area contributed by atoms with E-state index in [9.17, 15) is 0 Å². The quantitative estimate of drug-likeness (QED) is 0.785. The van der Waals surface area contributed by atoms with Crippen LogP contribution in [0.3, 0.4) is 0 Å². The lowest BCUT2D eigenvalue weighted by Gasteiger charge is -2.27. The number of benzene rings is 2. The van der Waals surface area contributed by atoms with E-state index in [0.29, 0.717) is 12.0 Å². The van der Waals surface area contributed by atoms with E-state index in [1.165, 1.54) is 43.2 Å². The monoisotopic (exact) mass is 279 g/mol. The topological polar surface area (TPSA) is 12.0 Å². The maximum atomic E-state index is 3.83. The molecule has 1 aliphatic carbocycles. The lowest BCUT2D eigenvalue weighted by Crippen LogP contribution is -2.33. The molecule has 2 aromatic carbocycles. The Balaban J connectivity index is 1.70. The van der Waals surface area contributed by atoms with Crippen LogP contribution >= 0.6 is 0 Å². The summed E-state index contributed by atoms with van der Waals surface area (Å²) < 4.78 is 0. The average molecular weight is 279 g/mol. The highest BCUT2D eigenvalue weighted by Gasteiger charge is 2.24. The second-order valence-electron chi connectivity index (χ2n) is 6.13. The minimum absolute atomic E-state index is 0.607. The molecule has 2 atom stereocenters. The smallest absolute Gasteiger partial charge is 0.0208 e. The van der Waals surface area contributed by atoms with Crippen molar-refractivity contribution < 1.29 is 0 Å². The molecule has 0 amide bonds. The van der Waals surface area contributed by atoms with E-state index in [4.69, 9.17) is 0 Å². The van der Waals surface area contributed by atoms with Gasteiger partial charge in [0.2, 0.25) is 0 Å². The SMILES string of the molecule is c1ccc(CN[C@@H]2CCCCC[C@@H]2c2ccccc2)cc1. The van der Waals surface area contributed by atoms with Crippen molar-refractivity contribution in [1.29, 1.82) is 0 Å². The van der Waals surface area contributed by atoms with E-state index in [1.54, 1.807) is 0 Å². The summed E-state index contributed by atoms with van der Waals surface area (Å²) in [4.78, 5) is 0. The molecule has 0 unspecified atom stereocenters. The van der Waals surface area contributed by atoms with Crippen molar-refractivity contribution in [2.75, 3.05) is 0 Å². The van der Waals surface area contributed by atoms with Gasteiger partial charge >= 0.3 is 0 Å². The molecule has 21 heavy (non-hydrogen) atoms. The Kier molecular flexibility index (Phi) is 5.07. The molecule has 3 rings (SSSR count). The van der Waals surface area contributed by atoms with Gasteiger partial charge in [-0.2, -0.15) is 0 Å². The van der Waals surface area contributed by atoms with Gasteiger partial charge in [-0.25, -0.2) is 0 Å². The number of hydrogen-bond donors (Lipinski definition) is 1. The van der Waals surface area contributed by atoms with E-state index in [0.717, 1.165) is 6.54 Å². The predicted octanol–water partition coefficient (Wildman–Crippen LogP) is 4.89. The minimum atomic E-state index is 0.607. The van der Waals surface area contributed by atoms with E-state index in [1.807, 2.05) is 0 Å². The fourth-order valence-electron chi connectivity index (χ4n) is 3.50. The van der Waals surface area contributed by atoms with Gasteiger partial charge in [0.1, 0.15) is 0 Å². The fraction of sp³-hybridized carbons (Fsp3) is 0.400. The normalized spacial score (nSPS) is 22.7. The summed E-state index contributed by atoms with van der Waals surface area (Å²) in [6, 6.07) is 22.4. The standard InChI is InChI=1S/C20H25N/c1-4-10-17(11-5-1)16-21-20-15-9-3-8-14-19(20)18-12-6-2-7-13-18/h1-2,4-7,10-13,19-21H,3,8-9,14-16H2/t19-,20-/m1/s1. The summed E-state index contributed by atoms with van der Waals surface area (Å²) in [7, 11) is 0. The van der Waals surface area contributed by atoms with E-state index in [-0.39, 0.29) is 0 Å². The van der Waals surface area contributed by atoms with Gasteiger partial charge in [-0.1, -0.05) is 79.9 Å². The molecular weight excluding hydrogens is 254 g/mol. The first-order chi connectivity index (χ1) is 10.4. The largest absolute Gasteiger partial charge is 0.309 e. The summed E-state index contributed by atoms with van der Waals surface area (Å²) in [6.07, 6.45) is 6.72. The fourth-order valence-corrected chi connectivity index (χ4v) is 3.50.